The van der Waals surface area contributed by atoms with E-state index in [0.717, 1.165) is 10.1 Å². The topological polar surface area (TPSA) is 55.8 Å². The van der Waals surface area contributed by atoms with Crippen molar-refractivity contribution in [2.24, 2.45) is 0 Å². The van der Waals surface area contributed by atoms with Gasteiger partial charge in [-0.3, -0.25) is 4.79 Å². The Labute approximate surface area is 138 Å². The number of hydrogen-bond donors (Lipinski definition) is 0. The van der Waals surface area contributed by atoms with Gasteiger partial charge in [0.25, 0.3) is 5.91 Å². The number of rotatable bonds is 3. The van der Waals surface area contributed by atoms with Crippen molar-refractivity contribution < 1.29 is 19.1 Å². The molecule has 122 valence electrons. The van der Waals surface area contributed by atoms with E-state index in [-0.39, 0.29) is 24.7 Å². The van der Waals surface area contributed by atoms with Crippen molar-refractivity contribution in [3.8, 4) is 0 Å². The quantitative estimate of drug-likeness (QED) is 0.811. The number of carbonyl (C=O) groups excluding carboxylic acids is 2. The number of ether oxygens (including phenoxy) is 2. The van der Waals surface area contributed by atoms with E-state index in [4.69, 9.17) is 9.47 Å². The van der Waals surface area contributed by atoms with Crippen molar-refractivity contribution in [2.75, 3.05) is 19.7 Å². The van der Waals surface area contributed by atoms with Gasteiger partial charge in [0, 0.05) is 17.8 Å². The Balaban J connectivity index is 1.59. The largest absolute Gasteiger partial charge is 0.451 e. The van der Waals surface area contributed by atoms with Crippen LogP contribution in [0.1, 0.15) is 23.5 Å². The first kappa shape index (κ1) is 16.0. The molecule has 1 aliphatic rings. The second-order valence-corrected chi connectivity index (χ2v) is 6.86. The number of morpholine rings is 1. The van der Waals surface area contributed by atoms with Gasteiger partial charge in [0.15, 0.2) is 6.61 Å². The molecule has 23 heavy (non-hydrogen) atoms. The van der Waals surface area contributed by atoms with Crippen LogP contribution in [0.15, 0.2) is 30.3 Å². The van der Waals surface area contributed by atoms with Gasteiger partial charge in [-0.05, 0) is 31.4 Å². The van der Waals surface area contributed by atoms with E-state index in [1.165, 1.54) is 11.3 Å². The highest BCUT2D eigenvalue weighted by Crippen LogP contribution is 2.25. The van der Waals surface area contributed by atoms with Gasteiger partial charge in [-0.1, -0.05) is 18.2 Å². The van der Waals surface area contributed by atoms with Gasteiger partial charge in [0.2, 0.25) is 0 Å². The van der Waals surface area contributed by atoms with E-state index in [9.17, 15) is 9.59 Å². The molecule has 0 N–H and O–H groups in total. The Morgan fingerprint density at radius 2 is 1.96 bits per heavy atom. The first-order chi connectivity index (χ1) is 11.0. The van der Waals surface area contributed by atoms with Gasteiger partial charge < -0.3 is 14.4 Å². The van der Waals surface area contributed by atoms with E-state index in [2.05, 4.69) is 0 Å². The molecule has 0 saturated carbocycles. The lowest BCUT2D eigenvalue weighted by Gasteiger charge is -2.35. The molecule has 0 spiro atoms. The summed E-state index contributed by atoms with van der Waals surface area (Å²) >= 11 is 1.37. The lowest BCUT2D eigenvalue weighted by Crippen LogP contribution is -2.49. The summed E-state index contributed by atoms with van der Waals surface area (Å²) in [5.41, 5.74) is 0. The molecule has 1 aliphatic heterocycles. The summed E-state index contributed by atoms with van der Waals surface area (Å²) in [6.45, 7) is 4.69. The third-order valence-electron chi connectivity index (χ3n) is 3.73. The zero-order valence-electron chi connectivity index (χ0n) is 13.2. The van der Waals surface area contributed by atoms with Crippen molar-refractivity contribution in [3.05, 3.63) is 35.2 Å². The van der Waals surface area contributed by atoms with Crippen LogP contribution in [0.25, 0.3) is 10.1 Å². The van der Waals surface area contributed by atoms with Crippen LogP contribution in [0.2, 0.25) is 0 Å². The summed E-state index contributed by atoms with van der Waals surface area (Å²) in [4.78, 5) is 26.5. The minimum Gasteiger partial charge on any atom is -0.451 e. The maximum atomic E-state index is 12.2. The summed E-state index contributed by atoms with van der Waals surface area (Å²) in [6, 6.07) is 9.56. The molecule has 1 aromatic heterocycles. The predicted octanol–water partition coefficient (Wildman–Crippen LogP) is 2.69. The number of fused-ring (bicyclic) bond motifs is 1. The molecule has 0 radical (unpaired) electrons. The molecule has 1 amide bonds. The molecule has 5 nitrogen and oxygen atoms in total. The fraction of sp³-hybridized carbons (Fsp3) is 0.412. The number of amides is 1. The van der Waals surface area contributed by atoms with E-state index in [1.54, 1.807) is 11.0 Å². The van der Waals surface area contributed by atoms with E-state index < -0.39 is 5.97 Å². The van der Waals surface area contributed by atoms with Gasteiger partial charge in [-0.25, -0.2) is 4.79 Å². The molecule has 6 heteroatoms. The van der Waals surface area contributed by atoms with Gasteiger partial charge in [-0.15, -0.1) is 11.3 Å². The molecule has 2 aromatic rings. The van der Waals surface area contributed by atoms with E-state index in [1.807, 2.05) is 38.1 Å². The smallest absolute Gasteiger partial charge is 0.348 e. The predicted molar refractivity (Wildman–Crippen MR) is 88.7 cm³/mol. The Morgan fingerprint density at radius 1 is 1.26 bits per heavy atom. The van der Waals surface area contributed by atoms with Crippen molar-refractivity contribution in [1.29, 1.82) is 0 Å². The second kappa shape index (κ2) is 6.68. The lowest BCUT2D eigenvalue weighted by molar-refractivity contribution is -0.146. The molecule has 0 bridgehead atoms. The highest BCUT2D eigenvalue weighted by atomic mass is 32.1. The monoisotopic (exact) mass is 333 g/mol. The van der Waals surface area contributed by atoms with Gasteiger partial charge in [0.05, 0.1) is 12.2 Å². The number of hydrogen-bond acceptors (Lipinski definition) is 5. The Kier molecular flexibility index (Phi) is 4.63. The number of thiophene rings is 1. The fourth-order valence-corrected chi connectivity index (χ4v) is 3.71. The molecular formula is C17H19NO4S. The zero-order valence-corrected chi connectivity index (χ0v) is 14.0. The first-order valence-corrected chi connectivity index (χ1v) is 8.43. The molecule has 1 saturated heterocycles. The van der Waals surface area contributed by atoms with Crippen LogP contribution >= 0.6 is 11.3 Å². The number of nitrogens with zero attached hydrogens (tertiary/aromatic N) is 1. The number of carbonyl (C=O) groups is 2. The minimum atomic E-state index is -0.450. The molecule has 0 aliphatic carbocycles. The Morgan fingerprint density at radius 3 is 2.65 bits per heavy atom. The average molecular weight is 333 g/mol. The highest BCUT2D eigenvalue weighted by molar-refractivity contribution is 7.20. The minimum absolute atomic E-state index is 0.000923. The van der Waals surface area contributed by atoms with Crippen LogP contribution in [0.5, 0.6) is 0 Å². The van der Waals surface area contributed by atoms with Crippen molar-refractivity contribution >= 4 is 33.3 Å². The third kappa shape index (κ3) is 3.71. The standard InChI is InChI=1S/C17H19NO4S/c1-11-8-18(9-12(2)22-11)16(19)10-21-17(20)15-7-13-5-3-4-6-14(13)23-15/h3-7,11-12H,8-10H2,1-2H3/t11-,12-/m1/s1. The van der Waals surface area contributed by atoms with Crippen molar-refractivity contribution in [3.63, 3.8) is 0 Å². The van der Waals surface area contributed by atoms with Crippen LogP contribution in [0, 0.1) is 0 Å². The maximum Gasteiger partial charge on any atom is 0.348 e. The zero-order chi connectivity index (χ0) is 16.4. The third-order valence-corrected chi connectivity index (χ3v) is 4.82. The normalized spacial score (nSPS) is 21.4. The molecule has 1 aromatic carbocycles. The van der Waals surface area contributed by atoms with Crippen molar-refractivity contribution in [2.45, 2.75) is 26.1 Å². The number of esters is 1. The van der Waals surface area contributed by atoms with Crippen molar-refractivity contribution in [1.82, 2.24) is 4.90 Å². The highest BCUT2D eigenvalue weighted by Gasteiger charge is 2.26. The van der Waals surface area contributed by atoms with E-state index >= 15 is 0 Å². The SMILES string of the molecule is C[C@@H]1CN(C(=O)COC(=O)c2cc3ccccc3s2)C[C@@H](C)O1. The molecular weight excluding hydrogens is 314 g/mol. The summed E-state index contributed by atoms with van der Waals surface area (Å²) in [5, 5.41) is 1.01. The number of benzene rings is 1. The van der Waals surface area contributed by atoms with Crippen LogP contribution in [-0.4, -0.2) is 48.7 Å². The van der Waals surface area contributed by atoms with Crippen LogP contribution in [-0.2, 0) is 14.3 Å². The van der Waals surface area contributed by atoms with Gasteiger partial charge >= 0.3 is 5.97 Å². The summed E-state index contributed by atoms with van der Waals surface area (Å²) < 4.78 is 11.8. The lowest BCUT2D eigenvalue weighted by atomic mass is 10.2. The second-order valence-electron chi connectivity index (χ2n) is 5.78. The van der Waals surface area contributed by atoms with Crippen LogP contribution < -0.4 is 0 Å². The van der Waals surface area contributed by atoms with Crippen LogP contribution in [0.4, 0.5) is 0 Å². The fourth-order valence-electron chi connectivity index (χ4n) is 2.75. The van der Waals surface area contributed by atoms with Crippen LogP contribution in [0.3, 0.4) is 0 Å². The first-order valence-electron chi connectivity index (χ1n) is 7.62. The molecule has 2 heterocycles. The van der Waals surface area contributed by atoms with Gasteiger partial charge in [-0.2, -0.15) is 0 Å². The molecule has 1 fully saturated rings. The molecule has 3 rings (SSSR count). The summed E-state index contributed by atoms with van der Waals surface area (Å²) in [5.74, 6) is -0.629. The Hall–Kier alpha value is -1.92. The molecule has 0 unspecified atom stereocenters. The molecule has 2 atom stereocenters. The Bertz CT molecular complexity index is 683. The summed E-state index contributed by atoms with van der Waals surface area (Å²) in [7, 11) is 0. The average Bonchev–Trinajstić information content (AvgIpc) is 2.95. The van der Waals surface area contributed by atoms with Gasteiger partial charge in [0.1, 0.15) is 4.88 Å². The van der Waals surface area contributed by atoms with E-state index in [0.29, 0.717) is 18.0 Å². The maximum absolute atomic E-state index is 12.2. The summed E-state index contributed by atoms with van der Waals surface area (Å²) in [6.07, 6.45) is 0.00185.